The number of hydrogen-bond donors (Lipinski definition) is 1. The fourth-order valence-corrected chi connectivity index (χ4v) is 7.68. The first kappa shape index (κ1) is 27.1. The van der Waals surface area contributed by atoms with Gasteiger partial charge in [-0.15, -0.1) is 11.3 Å². The monoisotopic (exact) mass is 558 g/mol. The molecular weight excluding hydrogens is 524 g/mol. The predicted octanol–water partition coefficient (Wildman–Crippen LogP) is 9.13. The molecule has 5 aromatic rings. The molecule has 41 heavy (non-hydrogen) atoms. The Morgan fingerprint density at radius 1 is 0.878 bits per heavy atom. The summed E-state index contributed by atoms with van der Waals surface area (Å²) in [6.45, 7) is 9.82. The first-order valence-electron chi connectivity index (χ1n) is 14.3. The first-order chi connectivity index (χ1) is 19.9. The number of anilines is 1. The van der Waals surface area contributed by atoms with E-state index < -0.39 is 5.41 Å². The number of aromatic nitrogens is 1. The highest BCUT2D eigenvalue weighted by molar-refractivity contribution is 7.14. The molecule has 0 radical (unpaired) electrons. The van der Waals surface area contributed by atoms with Crippen molar-refractivity contribution in [3.63, 3.8) is 0 Å². The molecule has 3 aliphatic carbocycles. The van der Waals surface area contributed by atoms with E-state index in [0.29, 0.717) is 11.6 Å². The molecule has 1 amide bonds. The zero-order chi connectivity index (χ0) is 28.9. The Morgan fingerprint density at radius 3 is 2.32 bits per heavy atom. The van der Waals surface area contributed by atoms with E-state index in [-0.39, 0.29) is 23.5 Å². The molecule has 1 aromatic heterocycles. The van der Waals surface area contributed by atoms with E-state index in [0.717, 1.165) is 33.3 Å². The third kappa shape index (κ3) is 4.22. The quantitative estimate of drug-likeness (QED) is 0.224. The van der Waals surface area contributed by atoms with Crippen LogP contribution in [0.25, 0.3) is 22.0 Å². The molecule has 0 spiro atoms. The molecule has 2 bridgehead atoms. The van der Waals surface area contributed by atoms with Crippen molar-refractivity contribution in [3.8, 4) is 11.3 Å². The number of aryl methyl sites for hydroxylation is 1. The second kappa shape index (κ2) is 10.4. The van der Waals surface area contributed by atoms with E-state index in [2.05, 4.69) is 73.8 Å². The number of hydrogen-bond acceptors (Lipinski definition) is 4. The van der Waals surface area contributed by atoms with Gasteiger partial charge in [0.05, 0.1) is 11.1 Å². The van der Waals surface area contributed by atoms with Crippen LogP contribution in [0.3, 0.4) is 0 Å². The highest BCUT2D eigenvalue weighted by Gasteiger charge is 2.54. The summed E-state index contributed by atoms with van der Waals surface area (Å²) in [6, 6.07) is 27.0. The zero-order valence-corrected chi connectivity index (χ0v) is 24.9. The van der Waals surface area contributed by atoms with E-state index in [1.165, 1.54) is 33.4 Å². The van der Waals surface area contributed by atoms with E-state index >= 15 is 0 Å². The summed E-state index contributed by atoms with van der Waals surface area (Å²) in [6.07, 6.45) is 0.651. The number of fused-ring (bicyclic) bond motifs is 2. The smallest absolute Gasteiger partial charge is 0.233 e. The second-order valence-electron chi connectivity index (χ2n) is 11.1. The Hall–Kier alpha value is -4.09. The Labute approximate surface area is 245 Å². The van der Waals surface area contributed by atoms with Crippen molar-refractivity contribution in [2.24, 2.45) is 5.41 Å². The van der Waals surface area contributed by atoms with Crippen LogP contribution in [0.2, 0.25) is 0 Å². The van der Waals surface area contributed by atoms with Gasteiger partial charge in [-0.1, -0.05) is 92.7 Å². The number of benzene rings is 4. The Balaban J connectivity index is 0.00000148. The third-order valence-electron chi connectivity index (χ3n) is 8.79. The lowest BCUT2D eigenvalue weighted by Gasteiger charge is -2.51. The molecule has 1 N–H and O–H groups in total. The van der Waals surface area contributed by atoms with Crippen LogP contribution in [0.15, 0.2) is 84.2 Å². The molecular formula is C36H34N2O2S. The van der Waals surface area contributed by atoms with Gasteiger partial charge in [0.1, 0.15) is 0 Å². The highest BCUT2D eigenvalue weighted by Crippen LogP contribution is 2.61. The number of amides is 1. The largest absolute Gasteiger partial charge is 0.301 e. The lowest BCUT2D eigenvalue weighted by atomic mass is 9.52. The highest BCUT2D eigenvalue weighted by atomic mass is 32.1. The molecule has 3 aliphatic rings. The molecule has 3 atom stereocenters. The summed E-state index contributed by atoms with van der Waals surface area (Å²) in [5.74, 6) is -0.0844. The molecule has 4 aromatic carbocycles. The maximum Gasteiger partial charge on any atom is 0.233 e. The van der Waals surface area contributed by atoms with Gasteiger partial charge in [0, 0.05) is 28.3 Å². The molecule has 4 nitrogen and oxygen atoms in total. The number of thiazole rings is 1. The third-order valence-corrected chi connectivity index (χ3v) is 9.55. The lowest BCUT2D eigenvalue weighted by molar-refractivity contribution is -0.126. The average Bonchev–Trinajstić information content (AvgIpc) is 3.46. The molecule has 3 unspecified atom stereocenters. The predicted molar refractivity (Wildman–Crippen MR) is 169 cm³/mol. The summed E-state index contributed by atoms with van der Waals surface area (Å²) < 4.78 is 0. The summed E-state index contributed by atoms with van der Waals surface area (Å²) in [4.78, 5) is 31.5. The van der Waals surface area contributed by atoms with E-state index in [4.69, 9.17) is 4.98 Å². The molecule has 5 heteroatoms. The van der Waals surface area contributed by atoms with Crippen LogP contribution in [0.4, 0.5) is 5.13 Å². The van der Waals surface area contributed by atoms with Gasteiger partial charge >= 0.3 is 0 Å². The molecule has 1 heterocycles. The van der Waals surface area contributed by atoms with E-state index in [1.807, 2.05) is 43.5 Å². The standard InChI is InChI=1S/C34H28N2O2S.C2H6/c1-19-15-16-25(23-10-5-4-9-21(19)23)29-18-39-33(35-29)36-32(38)34(3)17-28-24-11-6-7-12-26(24)31(34)27-14-8-13-22(20(2)37)30(27)28;1-2/h4-16,18,28,31H,17H2,1-3H3,(H,35,36,38);1-2H3. The Kier molecular flexibility index (Phi) is 6.87. The molecule has 0 saturated heterocycles. The van der Waals surface area contributed by atoms with Crippen molar-refractivity contribution in [1.29, 1.82) is 0 Å². The number of carbonyl (C=O) groups is 2. The molecule has 0 aliphatic heterocycles. The number of nitrogens with one attached hydrogen (secondary N) is 1. The topological polar surface area (TPSA) is 59.1 Å². The minimum absolute atomic E-state index is 0.00262. The van der Waals surface area contributed by atoms with Gasteiger partial charge in [0.2, 0.25) is 5.91 Å². The summed E-state index contributed by atoms with van der Waals surface area (Å²) in [5.41, 5.74) is 7.87. The molecule has 8 rings (SSSR count). The number of nitrogens with zero attached hydrogens (tertiary/aromatic N) is 1. The van der Waals surface area contributed by atoms with Gasteiger partial charge in [0.25, 0.3) is 0 Å². The van der Waals surface area contributed by atoms with Crippen molar-refractivity contribution in [2.75, 3.05) is 5.32 Å². The van der Waals surface area contributed by atoms with Crippen molar-refractivity contribution in [2.45, 2.75) is 52.9 Å². The van der Waals surface area contributed by atoms with Gasteiger partial charge in [-0.2, -0.15) is 0 Å². The number of carbonyl (C=O) groups excluding carboxylic acids is 2. The van der Waals surface area contributed by atoms with Crippen molar-refractivity contribution < 1.29 is 9.59 Å². The van der Waals surface area contributed by atoms with Gasteiger partial charge in [-0.05, 0) is 65.8 Å². The van der Waals surface area contributed by atoms with Crippen molar-refractivity contribution >= 4 is 38.9 Å². The maximum atomic E-state index is 14.1. The molecule has 206 valence electrons. The Morgan fingerprint density at radius 2 is 1.56 bits per heavy atom. The average molecular weight is 559 g/mol. The fraction of sp³-hybridized carbons (Fsp3) is 0.250. The van der Waals surface area contributed by atoms with Crippen molar-refractivity contribution in [3.05, 3.63) is 118 Å². The second-order valence-corrected chi connectivity index (χ2v) is 11.9. The van der Waals surface area contributed by atoms with Crippen molar-refractivity contribution in [1.82, 2.24) is 4.98 Å². The molecule has 0 fully saturated rings. The molecule has 0 saturated carbocycles. The first-order valence-corrected chi connectivity index (χ1v) is 15.2. The lowest BCUT2D eigenvalue weighted by Crippen LogP contribution is -2.47. The number of ketones is 1. The zero-order valence-electron chi connectivity index (χ0n) is 24.1. The van der Waals surface area contributed by atoms with Gasteiger partial charge in [0.15, 0.2) is 10.9 Å². The summed E-state index contributed by atoms with van der Waals surface area (Å²) in [7, 11) is 0. The van der Waals surface area contributed by atoms with Crippen LogP contribution in [0.1, 0.15) is 84.1 Å². The van der Waals surface area contributed by atoms with Crippen LogP contribution in [0, 0.1) is 12.3 Å². The number of Topliss-reactive ketones (excluding diaryl/α,β-unsaturated/α-hetero) is 1. The van der Waals surface area contributed by atoms with Gasteiger partial charge in [-0.25, -0.2) is 4.98 Å². The summed E-state index contributed by atoms with van der Waals surface area (Å²) in [5, 5.41) is 8.18. The van der Waals surface area contributed by atoms with Crippen LogP contribution in [0.5, 0.6) is 0 Å². The van der Waals surface area contributed by atoms with Crippen LogP contribution >= 0.6 is 11.3 Å². The van der Waals surface area contributed by atoms with Crippen LogP contribution in [-0.2, 0) is 4.79 Å². The minimum Gasteiger partial charge on any atom is -0.301 e. The van der Waals surface area contributed by atoms with Gasteiger partial charge in [-0.3, -0.25) is 9.59 Å². The Bertz CT molecular complexity index is 1820. The van der Waals surface area contributed by atoms with Gasteiger partial charge < -0.3 is 5.32 Å². The summed E-state index contributed by atoms with van der Waals surface area (Å²) >= 11 is 1.46. The van der Waals surface area contributed by atoms with Crippen LogP contribution < -0.4 is 5.32 Å². The maximum absolute atomic E-state index is 14.1. The van der Waals surface area contributed by atoms with Crippen LogP contribution in [-0.4, -0.2) is 16.7 Å². The number of rotatable bonds is 4. The fourth-order valence-electron chi connectivity index (χ4n) is 6.98. The minimum atomic E-state index is -0.677. The van der Waals surface area contributed by atoms with E-state index in [1.54, 1.807) is 6.92 Å². The normalized spacial score (nSPS) is 20.0. The van der Waals surface area contributed by atoms with E-state index in [9.17, 15) is 9.59 Å². The SMILES string of the molecule is CC.CC(=O)c1cccc2c1C1CC(C)(C(=O)Nc3nc(-c4ccc(C)c5ccccc45)cs3)C2c2ccccc21.